The quantitative estimate of drug-likeness (QED) is 0.240. The highest BCUT2D eigenvalue weighted by molar-refractivity contribution is 6.30. The van der Waals surface area contributed by atoms with Crippen LogP contribution in [0.2, 0.25) is 0 Å². The lowest BCUT2D eigenvalue weighted by Gasteiger charge is -2.17. The molecule has 10 nitrogen and oxygen atoms in total. The van der Waals surface area contributed by atoms with E-state index in [1.807, 2.05) is 0 Å². The van der Waals surface area contributed by atoms with E-state index < -0.39 is 40.0 Å². The van der Waals surface area contributed by atoms with Crippen molar-refractivity contribution in [3.8, 4) is 23.0 Å². The molecule has 4 N–H and O–H groups in total. The van der Waals surface area contributed by atoms with Crippen molar-refractivity contribution < 1.29 is 43.9 Å². The minimum Gasteiger partial charge on any atom is -0.504 e. The second-order valence-electron chi connectivity index (χ2n) is 7.45. The van der Waals surface area contributed by atoms with Crippen molar-refractivity contribution in [2.24, 2.45) is 0 Å². The summed E-state index contributed by atoms with van der Waals surface area (Å²) in [5, 5.41) is 39.5. The smallest absolute Gasteiger partial charge is 0.343 e. The van der Waals surface area contributed by atoms with Crippen LogP contribution in [-0.2, 0) is 15.9 Å². The Morgan fingerprint density at radius 3 is 2.47 bits per heavy atom. The van der Waals surface area contributed by atoms with Crippen LogP contribution in [0.4, 0.5) is 0 Å². The fourth-order valence-corrected chi connectivity index (χ4v) is 3.74. The zero-order valence-electron chi connectivity index (χ0n) is 18.0. The van der Waals surface area contributed by atoms with E-state index in [0.29, 0.717) is 12.2 Å². The van der Waals surface area contributed by atoms with Crippen molar-refractivity contribution >= 4 is 28.3 Å². The van der Waals surface area contributed by atoms with Crippen LogP contribution < -0.4 is 5.43 Å². The van der Waals surface area contributed by atoms with Crippen molar-refractivity contribution in [1.82, 2.24) is 0 Å². The third kappa shape index (κ3) is 3.84. The van der Waals surface area contributed by atoms with Gasteiger partial charge in [0, 0.05) is 23.8 Å². The van der Waals surface area contributed by atoms with Gasteiger partial charge in [-0.05, 0) is 31.0 Å². The highest BCUT2D eigenvalue weighted by Crippen LogP contribution is 2.37. The number of Topliss-reactive ketones (excluding diaryl/α,β-unsaturated/α-hetero) is 1. The van der Waals surface area contributed by atoms with Gasteiger partial charge in [-0.25, -0.2) is 4.79 Å². The first-order valence-electron chi connectivity index (χ1n) is 10.3. The number of aromatic hydroxyl groups is 4. The number of allylic oxidation sites excluding steroid dienone is 2. The van der Waals surface area contributed by atoms with Crippen molar-refractivity contribution in [2.75, 3.05) is 19.8 Å². The maximum absolute atomic E-state index is 13.4. The molecule has 0 spiro atoms. The zero-order chi connectivity index (χ0) is 24.6. The van der Waals surface area contributed by atoms with Crippen molar-refractivity contribution in [3.05, 3.63) is 63.0 Å². The summed E-state index contributed by atoms with van der Waals surface area (Å²) in [6, 6.07) is 3.34. The predicted molar refractivity (Wildman–Crippen MR) is 118 cm³/mol. The molecule has 0 saturated carbocycles. The van der Waals surface area contributed by atoms with Crippen LogP contribution in [0.15, 0.2) is 39.7 Å². The van der Waals surface area contributed by atoms with Gasteiger partial charge in [0.15, 0.2) is 28.8 Å². The van der Waals surface area contributed by atoms with Gasteiger partial charge in [0.05, 0.1) is 17.6 Å². The second kappa shape index (κ2) is 8.91. The fraction of sp³-hybridized carbons (Fsp3) is 0.208. The molecule has 1 aliphatic rings. The molecule has 0 atom stereocenters. The summed E-state index contributed by atoms with van der Waals surface area (Å²) in [4.78, 5) is 39.1. The topological polar surface area (TPSA) is 164 Å². The Morgan fingerprint density at radius 2 is 1.74 bits per heavy atom. The number of ether oxygens (including phenoxy) is 2. The third-order valence-electron chi connectivity index (χ3n) is 5.39. The van der Waals surface area contributed by atoms with E-state index >= 15 is 0 Å². The molecule has 0 saturated heterocycles. The first-order chi connectivity index (χ1) is 16.2. The van der Waals surface area contributed by atoms with Crippen molar-refractivity contribution in [1.29, 1.82) is 0 Å². The largest absolute Gasteiger partial charge is 0.504 e. The number of phenols is 4. The molecule has 1 heterocycles. The Kier molecular flexibility index (Phi) is 5.99. The number of carbonyl (C=O) groups is 2. The van der Waals surface area contributed by atoms with Gasteiger partial charge in [-0.3, -0.25) is 9.59 Å². The third-order valence-corrected chi connectivity index (χ3v) is 5.39. The minimum atomic E-state index is -1.09. The summed E-state index contributed by atoms with van der Waals surface area (Å²) in [6.45, 7) is 2.08. The van der Waals surface area contributed by atoms with Crippen LogP contribution in [0.25, 0.3) is 16.5 Å². The first-order valence-corrected chi connectivity index (χ1v) is 10.3. The molecule has 10 heteroatoms. The Hall–Kier alpha value is -4.31. The molecule has 0 unspecified atom stereocenters. The Bertz CT molecular complexity index is 1410. The molecule has 3 aromatic rings. The molecule has 4 rings (SSSR count). The summed E-state index contributed by atoms with van der Waals surface area (Å²) in [6.07, 6.45) is 2.65. The number of phenolic OH excluding ortho intramolecular Hbond substituents is 4. The van der Waals surface area contributed by atoms with E-state index in [1.54, 1.807) is 6.92 Å². The molecule has 0 bridgehead atoms. The normalized spacial score (nSPS) is 13.0. The van der Waals surface area contributed by atoms with Crippen LogP contribution in [0.3, 0.4) is 0 Å². The van der Waals surface area contributed by atoms with E-state index in [2.05, 4.69) is 0 Å². The van der Waals surface area contributed by atoms with Gasteiger partial charge in [0.25, 0.3) is 0 Å². The van der Waals surface area contributed by atoms with Gasteiger partial charge in [-0.1, -0.05) is 6.08 Å². The molecule has 0 aliphatic heterocycles. The lowest BCUT2D eigenvalue weighted by molar-refractivity contribution is 0.0334. The molecule has 1 aromatic heterocycles. The number of fused-ring (bicyclic) bond motifs is 2. The van der Waals surface area contributed by atoms with Crippen LogP contribution in [0, 0.1) is 0 Å². The maximum Gasteiger partial charge on any atom is 0.343 e. The summed E-state index contributed by atoms with van der Waals surface area (Å²) < 4.78 is 15.6. The van der Waals surface area contributed by atoms with Crippen LogP contribution in [0.1, 0.15) is 38.8 Å². The van der Waals surface area contributed by atoms with Crippen molar-refractivity contribution in [2.45, 2.75) is 13.3 Å². The van der Waals surface area contributed by atoms with Gasteiger partial charge in [-0.2, -0.15) is 0 Å². The summed E-state index contributed by atoms with van der Waals surface area (Å²) in [7, 11) is 0. The van der Waals surface area contributed by atoms with Gasteiger partial charge >= 0.3 is 5.97 Å². The lowest BCUT2D eigenvalue weighted by atomic mass is 9.86. The Labute approximate surface area is 191 Å². The van der Waals surface area contributed by atoms with E-state index in [9.17, 15) is 34.8 Å². The highest BCUT2D eigenvalue weighted by Gasteiger charge is 2.29. The molecular weight excluding hydrogens is 448 g/mol. The number of carbonyl (C=O) groups excluding carboxylic acids is 2. The van der Waals surface area contributed by atoms with E-state index in [0.717, 1.165) is 18.4 Å². The summed E-state index contributed by atoms with van der Waals surface area (Å²) in [5.74, 6) is -4.12. The van der Waals surface area contributed by atoms with E-state index in [1.165, 1.54) is 12.1 Å². The molecule has 0 radical (unpaired) electrons. The zero-order valence-corrected chi connectivity index (χ0v) is 18.0. The van der Waals surface area contributed by atoms with Crippen molar-refractivity contribution in [3.63, 3.8) is 0 Å². The molecule has 0 fully saturated rings. The number of hydrogen-bond acceptors (Lipinski definition) is 10. The minimum absolute atomic E-state index is 0.0449. The van der Waals surface area contributed by atoms with Gasteiger partial charge < -0.3 is 34.3 Å². The molecule has 0 amide bonds. The molecule has 2 aromatic carbocycles. The lowest BCUT2D eigenvalue weighted by Crippen LogP contribution is -2.20. The predicted octanol–water partition coefficient (Wildman–Crippen LogP) is 2.63. The summed E-state index contributed by atoms with van der Waals surface area (Å²) >= 11 is 0. The number of hydrogen-bond donors (Lipinski definition) is 4. The Balaban J connectivity index is 1.83. The highest BCUT2D eigenvalue weighted by atomic mass is 16.6. The molecular formula is C24H20O10. The summed E-state index contributed by atoms with van der Waals surface area (Å²) in [5.41, 5.74) is -1.30. The number of rotatable bonds is 6. The number of ketones is 1. The molecule has 176 valence electrons. The number of esters is 1. The van der Waals surface area contributed by atoms with E-state index in [4.69, 9.17) is 13.9 Å². The van der Waals surface area contributed by atoms with Gasteiger partial charge in [0.2, 0.25) is 5.43 Å². The van der Waals surface area contributed by atoms with Crippen LogP contribution >= 0.6 is 0 Å². The SMILES string of the molecule is CCOCCOC(=O)c1c(O)c(O)cc2occ(C3=CCc4cc(O)c(O)cc4C3=O)c(=O)c12. The van der Waals surface area contributed by atoms with Gasteiger partial charge in [-0.15, -0.1) is 0 Å². The maximum atomic E-state index is 13.4. The van der Waals surface area contributed by atoms with Crippen LogP contribution in [0.5, 0.6) is 23.0 Å². The molecule has 1 aliphatic carbocycles. The fourth-order valence-electron chi connectivity index (χ4n) is 3.74. The van der Waals surface area contributed by atoms with E-state index in [-0.39, 0.29) is 53.1 Å². The van der Waals surface area contributed by atoms with Crippen LogP contribution in [-0.4, -0.2) is 52.0 Å². The molecule has 34 heavy (non-hydrogen) atoms. The average Bonchev–Trinajstić information content (AvgIpc) is 2.80. The standard InChI is InChI=1S/C24H20O10/c1-2-32-5-6-33-24(31)20-19-18(9-17(27)23(20)30)34-10-14(22(19)29)12-4-3-11-7-15(25)16(26)8-13(11)21(12)28/h4,7-10,25-27,30H,2-3,5-6H2,1H3. The van der Waals surface area contributed by atoms with Gasteiger partial charge in [0.1, 0.15) is 24.0 Å². The number of benzene rings is 2. The second-order valence-corrected chi connectivity index (χ2v) is 7.45. The Morgan fingerprint density at radius 1 is 1.00 bits per heavy atom. The average molecular weight is 468 g/mol. The first kappa shape index (κ1) is 22.9. The monoisotopic (exact) mass is 468 g/mol.